The zero-order chi connectivity index (χ0) is 21.7. The Kier molecular flexibility index (Phi) is 3.63. The highest BCUT2D eigenvalue weighted by Gasteiger charge is 2.64. The van der Waals surface area contributed by atoms with Gasteiger partial charge in [0.25, 0.3) is 0 Å². The first-order chi connectivity index (χ1) is 16.3. The maximum Gasteiger partial charge on any atom is 0.138 e. The molecule has 7 atom stereocenters. The Balaban J connectivity index is 1.39. The van der Waals surface area contributed by atoms with Gasteiger partial charge in [0.05, 0.1) is 0 Å². The van der Waals surface area contributed by atoms with E-state index < -0.39 is 0 Å². The van der Waals surface area contributed by atoms with Crippen molar-refractivity contribution in [2.75, 3.05) is 0 Å². The fraction of sp³-hybridized carbons (Fsp3) is 0.226. The van der Waals surface area contributed by atoms with Crippen molar-refractivity contribution in [3.8, 4) is 22.6 Å². The highest BCUT2D eigenvalue weighted by molar-refractivity contribution is 6.22. The number of rotatable bonds is 2. The first-order valence-electron chi connectivity index (χ1n) is 12.0. The van der Waals surface area contributed by atoms with Crippen molar-refractivity contribution in [3.63, 3.8) is 0 Å². The average Bonchev–Trinajstić information content (AvgIpc) is 3.53. The fourth-order valence-electron chi connectivity index (χ4n) is 7.73. The second kappa shape index (κ2) is 6.52. The van der Waals surface area contributed by atoms with Crippen LogP contribution in [0, 0.1) is 11.8 Å². The van der Waals surface area contributed by atoms with Crippen LogP contribution in [0.4, 0.5) is 0 Å². The number of benzene rings is 3. The van der Waals surface area contributed by atoms with Crippen LogP contribution in [0.15, 0.2) is 101 Å². The molecule has 0 spiro atoms. The third-order valence-electron chi connectivity index (χ3n) is 8.75. The second-order valence-electron chi connectivity index (χ2n) is 10.0. The summed E-state index contributed by atoms with van der Waals surface area (Å²) >= 11 is 7.25. The number of hydrogen-bond acceptors (Lipinski definition) is 1. The van der Waals surface area contributed by atoms with Gasteiger partial charge in [-0.2, -0.15) is 0 Å². The summed E-state index contributed by atoms with van der Waals surface area (Å²) in [6.45, 7) is 0. The van der Waals surface area contributed by atoms with Crippen molar-refractivity contribution in [2.45, 2.75) is 29.0 Å². The zero-order valence-electron chi connectivity index (χ0n) is 18.1. The van der Waals surface area contributed by atoms with Crippen molar-refractivity contribution in [2.24, 2.45) is 11.8 Å². The largest absolute Gasteiger partial charge is 0.455 e. The van der Waals surface area contributed by atoms with Crippen LogP contribution in [-0.2, 0) is 0 Å². The Morgan fingerprint density at radius 2 is 0.970 bits per heavy atom. The molecular weight excluding hydrogens is 424 g/mol. The van der Waals surface area contributed by atoms with E-state index in [-0.39, 0.29) is 5.38 Å². The smallest absolute Gasteiger partial charge is 0.138 e. The van der Waals surface area contributed by atoms with E-state index >= 15 is 0 Å². The molecule has 1 nitrogen and oxygen atoms in total. The first kappa shape index (κ1) is 18.4. The summed E-state index contributed by atoms with van der Waals surface area (Å²) < 4.78 is 6.81. The Morgan fingerprint density at radius 3 is 1.42 bits per heavy atom. The van der Waals surface area contributed by atoms with E-state index in [0.717, 1.165) is 11.5 Å². The van der Waals surface area contributed by atoms with Crippen LogP contribution in [0.1, 0.15) is 45.9 Å². The molecule has 0 radical (unpaired) electrons. The van der Waals surface area contributed by atoms with Gasteiger partial charge >= 0.3 is 0 Å². The fourth-order valence-corrected chi connectivity index (χ4v) is 8.34. The molecule has 9 rings (SSSR count). The van der Waals surface area contributed by atoms with Crippen LogP contribution in [0.25, 0.3) is 22.6 Å². The summed E-state index contributed by atoms with van der Waals surface area (Å²) in [4.78, 5) is 0. The molecule has 4 bridgehead atoms. The Bertz CT molecular complexity index is 1310. The summed E-state index contributed by atoms with van der Waals surface area (Å²) in [7, 11) is 0. The summed E-state index contributed by atoms with van der Waals surface area (Å²) in [6, 6.07) is 30.3. The number of allylic oxidation sites excluding steroid dienone is 2. The van der Waals surface area contributed by atoms with Gasteiger partial charge in [-0.15, -0.1) is 11.6 Å². The molecule has 0 amide bonds. The molecule has 5 aliphatic carbocycles. The molecular formula is C31H23ClO. The molecule has 1 saturated carbocycles. The van der Waals surface area contributed by atoms with Gasteiger partial charge < -0.3 is 4.42 Å². The van der Waals surface area contributed by atoms with Crippen molar-refractivity contribution in [1.29, 1.82) is 0 Å². The van der Waals surface area contributed by atoms with E-state index in [1.165, 1.54) is 33.4 Å². The van der Waals surface area contributed by atoms with Crippen LogP contribution >= 0.6 is 11.6 Å². The minimum atomic E-state index is 0.184. The highest BCUT2D eigenvalue weighted by atomic mass is 35.5. The zero-order valence-corrected chi connectivity index (χ0v) is 18.8. The van der Waals surface area contributed by atoms with Gasteiger partial charge in [-0.25, -0.2) is 0 Å². The van der Waals surface area contributed by atoms with Gasteiger partial charge in [-0.05, 0) is 23.0 Å². The molecule has 33 heavy (non-hydrogen) atoms. The van der Waals surface area contributed by atoms with Crippen LogP contribution in [0.5, 0.6) is 0 Å². The van der Waals surface area contributed by atoms with E-state index in [0.29, 0.717) is 35.5 Å². The predicted molar refractivity (Wildman–Crippen MR) is 133 cm³/mol. The lowest BCUT2D eigenvalue weighted by Gasteiger charge is -2.47. The molecule has 2 heteroatoms. The van der Waals surface area contributed by atoms with Crippen LogP contribution in [0.3, 0.4) is 0 Å². The molecule has 160 valence electrons. The third-order valence-corrected chi connectivity index (χ3v) is 9.29. The minimum absolute atomic E-state index is 0.184. The predicted octanol–water partition coefficient (Wildman–Crippen LogP) is 8.10. The van der Waals surface area contributed by atoms with E-state index in [4.69, 9.17) is 16.0 Å². The molecule has 0 N–H and O–H groups in total. The van der Waals surface area contributed by atoms with E-state index in [1.54, 1.807) is 0 Å². The summed E-state index contributed by atoms with van der Waals surface area (Å²) in [6.07, 6.45) is 4.94. The highest BCUT2D eigenvalue weighted by Crippen LogP contribution is 2.73. The van der Waals surface area contributed by atoms with Crippen LogP contribution in [-0.4, -0.2) is 5.38 Å². The monoisotopic (exact) mass is 446 g/mol. The number of hydrogen-bond donors (Lipinski definition) is 0. The lowest BCUT2D eigenvalue weighted by Crippen LogP contribution is -2.38. The molecule has 0 aliphatic heterocycles. The average molecular weight is 447 g/mol. The van der Waals surface area contributed by atoms with Crippen molar-refractivity contribution < 1.29 is 4.42 Å². The first-order valence-corrected chi connectivity index (χ1v) is 12.4. The molecule has 0 saturated heterocycles. The van der Waals surface area contributed by atoms with Crippen molar-refractivity contribution in [1.82, 2.24) is 0 Å². The minimum Gasteiger partial charge on any atom is -0.455 e. The molecule has 1 heterocycles. The maximum absolute atomic E-state index is 7.25. The Morgan fingerprint density at radius 1 is 0.545 bits per heavy atom. The van der Waals surface area contributed by atoms with E-state index in [2.05, 4.69) is 97.1 Å². The standard InChI is InChI=1S/C31H23ClO/c32-29-25-19-13-7-8-14-20(19)26(29)24-22-16-15-21(23(24)25)27-28(22)31(18-11-5-2-6-12-18)33-30(27)17-9-3-1-4-10-17/h1-16,21-26,29H/t21-,22+,23-,24-,25+,26+,29?/m1/s1. The van der Waals surface area contributed by atoms with Crippen molar-refractivity contribution in [3.05, 3.63) is 119 Å². The SMILES string of the molecule is ClC1[C@H]2c3ccccc3[C@H]1[C@H]1[C@H]2[C@H]2C=C[C@@H]1c1c(-c3ccccc3)oc(-c3ccccc3)c12. The number of fused-ring (bicyclic) bond motifs is 5. The summed E-state index contributed by atoms with van der Waals surface area (Å²) in [5, 5.41) is 0.184. The van der Waals surface area contributed by atoms with Gasteiger partial charge in [0.15, 0.2) is 0 Å². The molecule has 1 aromatic heterocycles. The van der Waals surface area contributed by atoms with Crippen molar-refractivity contribution >= 4 is 11.6 Å². The summed E-state index contributed by atoms with van der Waals surface area (Å²) in [5.41, 5.74) is 8.11. The molecule has 1 fully saturated rings. The Labute approximate surface area is 198 Å². The van der Waals surface area contributed by atoms with Gasteiger partial charge in [-0.1, -0.05) is 97.1 Å². The van der Waals surface area contributed by atoms with Crippen LogP contribution < -0.4 is 0 Å². The normalized spacial score (nSPS) is 32.0. The van der Waals surface area contributed by atoms with E-state index in [9.17, 15) is 0 Å². The number of halogens is 1. The second-order valence-corrected chi connectivity index (χ2v) is 10.5. The lowest BCUT2D eigenvalue weighted by atomic mass is 9.55. The molecule has 1 unspecified atom stereocenters. The maximum atomic E-state index is 7.25. The van der Waals surface area contributed by atoms with E-state index in [1.807, 2.05) is 0 Å². The lowest BCUT2D eigenvalue weighted by molar-refractivity contribution is 0.242. The van der Waals surface area contributed by atoms with Gasteiger partial charge in [0, 0.05) is 51.3 Å². The molecule has 4 aromatic rings. The summed E-state index contributed by atoms with van der Waals surface area (Å²) in [5.74, 6) is 4.70. The van der Waals surface area contributed by atoms with Gasteiger partial charge in [0.1, 0.15) is 11.5 Å². The van der Waals surface area contributed by atoms with Crippen LogP contribution in [0.2, 0.25) is 0 Å². The molecule has 3 aromatic carbocycles. The third kappa shape index (κ3) is 2.24. The van der Waals surface area contributed by atoms with Gasteiger partial charge in [-0.3, -0.25) is 0 Å². The number of alkyl halides is 1. The number of furan rings is 1. The topological polar surface area (TPSA) is 13.1 Å². The molecule has 5 aliphatic rings. The Hall–Kier alpha value is -3.03. The van der Waals surface area contributed by atoms with Gasteiger partial charge in [0.2, 0.25) is 0 Å². The quantitative estimate of drug-likeness (QED) is 0.224.